The lowest BCUT2D eigenvalue weighted by Crippen LogP contribution is -1.92. The summed E-state index contributed by atoms with van der Waals surface area (Å²) in [5.41, 5.74) is 1.85. The zero-order valence-corrected chi connectivity index (χ0v) is 9.84. The van der Waals surface area contributed by atoms with Gasteiger partial charge in [0.05, 0.1) is 17.8 Å². The Hall–Kier alpha value is -1.87. The normalized spacial score (nSPS) is 10.9. The highest BCUT2D eigenvalue weighted by atomic mass is 35.5. The van der Waals surface area contributed by atoms with Gasteiger partial charge < -0.3 is 0 Å². The van der Waals surface area contributed by atoms with Crippen LogP contribution in [0, 0.1) is 0 Å². The molecule has 0 radical (unpaired) electrons. The van der Waals surface area contributed by atoms with E-state index >= 15 is 0 Å². The number of rotatable bonds is 4. The van der Waals surface area contributed by atoms with E-state index < -0.39 is 0 Å². The smallest absolute Gasteiger partial charge is 0.170 e. The van der Waals surface area contributed by atoms with Crippen LogP contribution in [0.3, 0.4) is 0 Å². The predicted octanol–water partition coefficient (Wildman–Crippen LogP) is 2.69. The molecule has 0 saturated heterocycles. The van der Waals surface area contributed by atoms with Gasteiger partial charge in [0.2, 0.25) is 0 Å². The van der Waals surface area contributed by atoms with E-state index in [1.54, 1.807) is 17.0 Å². The van der Waals surface area contributed by atoms with E-state index in [9.17, 15) is 4.79 Å². The van der Waals surface area contributed by atoms with Crippen molar-refractivity contribution < 1.29 is 4.79 Å². The van der Waals surface area contributed by atoms with Crippen LogP contribution in [-0.4, -0.2) is 21.4 Å². The highest BCUT2D eigenvalue weighted by Gasteiger charge is 1.98. The Morgan fingerprint density at radius 3 is 2.82 bits per heavy atom. The number of para-hydroxylation sites is 1. The van der Waals surface area contributed by atoms with Gasteiger partial charge in [0.15, 0.2) is 5.78 Å². The number of alkyl halides is 1. The number of ketones is 1. The molecule has 0 atom stereocenters. The third-order valence-corrected chi connectivity index (χ3v) is 2.48. The first kappa shape index (κ1) is 11.6. The van der Waals surface area contributed by atoms with Crippen molar-refractivity contribution in [2.45, 2.75) is 0 Å². The van der Waals surface area contributed by atoms with Crippen molar-refractivity contribution in [3.63, 3.8) is 0 Å². The minimum Gasteiger partial charge on any atom is -0.294 e. The Labute approximate surface area is 104 Å². The quantitative estimate of drug-likeness (QED) is 0.614. The van der Waals surface area contributed by atoms with Crippen LogP contribution in [0.5, 0.6) is 0 Å². The van der Waals surface area contributed by atoms with Crippen LogP contribution < -0.4 is 0 Å². The van der Waals surface area contributed by atoms with Gasteiger partial charge >= 0.3 is 0 Å². The second-order valence-corrected chi connectivity index (χ2v) is 3.75. The highest BCUT2D eigenvalue weighted by molar-refractivity contribution is 6.29. The number of hydrogen-bond acceptors (Lipinski definition) is 2. The fourth-order valence-electron chi connectivity index (χ4n) is 1.38. The number of carbonyl (C=O) groups is 1. The van der Waals surface area contributed by atoms with Gasteiger partial charge in [-0.3, -0.25) is 4.79 Å². The van der Waals surface area contributed by atoms with Gasteiger partial charge in [-0.15, -0.1) is 11.6 Å². The van der Waals surface area contributed by atoms with Gasteiger partial charge in [-0.1, -0.05) is 18.2 Å². The molecule has 0 bridgehead atoms. The van der Waals surface area contributed by atoms with Crippen molar-refractivity contribution in [3.8, 4) is 5.69 Å². The SMILES string of the molecule is O=C(C=Cc1cnn(-c2ccccc2)c1)CCl. The maximum atomic E-state index is 11.0. The molecule has 3 nitrogen and oxygen atoms in total. The van der Waals surface area contributed by atoms with Crippen molar-refractivity contribution >= 4 is 23.5 Å². The third-order valence-electron chi connectivity index (χ3n) is 2.22. The summed E-state index contributed by atoms with van der Waals surface area (Å²) in [4.78, 5) is 11.0. The van der Waals surface area contributed by atoms with Crippen LogP contribution in [0.15, 0.2) is 48.8 Å². The summed E-state index contributed by atoms with van der Waals surface area (Å²) >= 11 is 5.40. The first-order chi connectivity index (χ1) is 8.29. The molecule has 1 aromatic carbocycles. The van der Waals surface area contributed by atoms with Crippen LogP contribution in [0.4, 0.5) is 0 Å². The summed E-state index contributed by atoms with van der Waals surface area (Å²) in [6, 6.07) is 9.77. The molecule has 0 unspecified atom stereocenters. The third kappa shape index (κ3) is 3.04. The molecule has 0 fully saturated rings. The van der Waals surface area contributed by atoms with Crippen LogP contribution >= 0.6 is 11.6 Å². The molecule has 0 aliphatic carbocycles. The Morgan fingerprint density at radius 1 is 1.35 bits per heavy atom. The van der Waals surface area contributed by atoms with Gasteiger partial charge in [-0.2, -0.15) is 5.10 Å². The zero-order chi connectivity index (χ0) is 12.1. The Morgan fingerprint density at radius 2 is 2.12 bits per heavy atom. The summed E-state index contributed by atoms with van der Waals surface area (Å²) in [6.45, 7) is 0. The van der Waals surface area contributed by atoms with Gasteiger partial charge in [-0.25, -0.2) is 4.68 Å². The molecule has 0 N–H and O–H groups in total. The molecule has 1 heterocycles. The van der Waals surface area contributed by atoms with Crippen molar-refractivity contribution in [1.29, 1.82) is 0 Å². The molecule has 2 aromatic rings. The van der Waals surface area contributed by atoms with Crippen molar-refractivity contribution in [2.24, 2.45) is 0 Å². The molecule has 1 aromatic heterocycles. The molecule has 2 rings (SSSR count). The summed E-state index contributed by atoms with van der Waals surface area (Å²) in [5, 5.41) is 4.21. The van der Waals surface area contributed by atoms with Gasteiger partial charge in [0.1, 0.15) is 0 Å². The minimum atomic E-state index is -0.112. The van der Waals surface area contributed by atoms with E-state index in [1.807, 2.05) is 36.5 Å². The second-order valence-electron chi connectivity index (χ2n) is 3.49. The molecule has 0 saturated carbocycles. The van der Waals surface area contributed by atoms with Crippen LogP contribution in [0.2, 0.25) is 0 Å². The molecular formula is C13H11ClN2O. The van der Waals surface area contributed by atoms with E-state index in [0.29, 0.717) is 0 Å². The maximum absolute atomic E-state index is 11.0. The number of allylic oxidation sites excluding steroid dienone is 1. The standard InChI is InChI=1S/C13H11ClN2O/c14-8-13(17)7-6-11-9-15-16(10-11)12-4-2-1-3-5-12/h1-7,9-10H,8H2. The zero-order valence-electron chi connectivity index (χ0n) is 9.08. The Kier molecular flexibility index (Phi) is 3.73. The van der Waals surface area contributed by atoms with E-state index in [2.05, 4.69) is 5.10 Å². The molecule has 0 aliphatic heterocycles. The van der Waals surface area contributed by atoms with Crippen LogP contribution in [0.1, 0.15) is 5.56 Å². The highest BCUT2D eigenvalue weighted by Crippen LogP contribution is 2.08. The predicted molar refractivity (Wildman–Crippen MR) is 68.3 cm³/mol. The Balaban J connectivity index is 2.17. The number of nitrogens with zero attached hydrogens (tertiary/aromatic N) is 2. The summed E-state index contributed by atoms with van der Waals surface area (Å²) in [5.74, 6) is -0.109. The minimum absolute atomic E-state index is 0.00330. The molecule has 0 spiro atoms. The van der Waals surface area contributed by atoms with E-state index in [4.69, 9.17) is 11.6 Å². The number of halogens is 1. The average Bonchev–Trinajstić information content (AvgIpc) is 2.86. The summed E-state index contributed by atoms with van der Waals surface area (Å²) in [7, 11) is 0. The maximum Gasteiger partial charge on any atom is 0.170 e. The first-order valence-electron chi connectivity index (χ1n) is 5.16. The monoisotopic (exact) mass is 246 g/mol. The summed E-state index contributed by atoms with van der Waals surface area (Å²) in [6.07, 6.45) is 6.72. The van der Waals surface area contributed by atoms with E-state index in [-0.39, 0.29) is 11.7 Å². The number of benzene rings is 1. The van der Waals surface area contributed by atoms with Crippen LogP contribution in [-0.2, 0) is 4.79 Å². The number of carbonyl (C=O) groups excluding carboxylic acids is 1. The molecular weight excluding hydrogens is 236 g/mol. The van der Waals surface area contributed by atoms with Crippen molar-refractivity contribution in [3.05, 3.63) is 54.4 Å². The molecule has 86 valence electrons. The van der Waals surface area contributed by atoms with Crippen LogP contribution in [0.25, 0.3) is 11.8 Å². The van der Waals surface area contributed by atoms with Crippen molar-refractivity contribution in [2.75, 3.05) is 5.88 Å². The lowest BCUT2D eigenvalue weighted by molar-refractivity contribution is -0.112. The lowest BCUT2D eigenvalue weighted by Gasteiger charge is -1.98. The Bertz CT molecular complexity index is 531. The molecule has 17 heavy (non-hydrogen) atoms. The van der Waals surface area contributed by atoms with E-state index in [1.165, 1.54) is 6.08 Å². The molecule has 0 amide bonds. The average molecular weight is 247 g/mol. The van der Waals surface area contributed by atoms with Gasteiger partial charge in [-0.05, 0) is 24.3 Å². The largest absolute Gasteiger partial charge is 0.294 e. The van der Waals surface area contributed by atoms with Gasteiger partial charge in [0.25, 0.3) is 0 Å². The number of hydrogen-bond donors (Lipinski definition) is 0. The topological polar surface area (TPSA) is 34.9 Å². The fraction of sp³-hybridized carbons (Fsp3) is 0.0769. The fourth-order valence-corrected chi connectivity index (χ4v) is 1.47. The van der Waals surface area contributed by atoms with Crippen molar-refractivity contribution in [1.82, 2.24) is 9.78 Å². The lowest BCUT2D eigenvalue weighted by atomic mass is 10.3. The molecule has 0 aliphatic rings. The van der Waals surface area contributed by atoms with Gasteiger partial charge in [0, 0.05) is 11.8 Å². The summed E-state index contributed by atoms with van der Waals surface area (Å²) < 4.78 is 1.75. The molecule has 4 heteroatoms. The number of aromatic nitrogens is 2. The second kappa shape index (κ2) is 5.46. The first-order valence-corrected chi connectivity index (χ1v) is 5.70. The van der Waals surface area contributed by atoms with E-state index in [0.717, 1.165) is 11.3 Å².